The molecule has 0 aliphatic rings. The third kappa shape index (κ3) is 3.91. The number of nitrogens with zero attached hydrogens (tertiary/aromatic N) is 2. The molecule has 1 N–H and O–H groups in total. The van der Waals surface area contributed by atoms with Gasteiger partial charge in [0.2, 0.25) is 5.91 Å². The molecule has 0 aliphatic carbocycles. The zero-order valence-electron chi connectivity index (χ0n) is 10.3. The Morgan fingerprint density at radius 1 is 1.35 bits per heavy atom. The lowest BCUT2D eigenvalue weighted by Gasteiger charge is -2.19. The lowest BCUT2D eigenvalue weighted by molar-refractivity contribution is -0.129. The van der Waals surface area contributed by atoms with Gasteiger partial charge in [-0.05, 0) is 19.2 Å². The second-order valence-electron chi connectivity index (χ2n) is 4.20. The molecule has 0 radical (unpaired) electrons. The number of rotatable bonds is 4. The predicted molar refractivity (Wildman–Crippen MR) is 68.1 cm³/mol. The lowest BCUT2D eigenvalue weighted by atomic mass is 10.2. The van der Waals surface area contributed by atoms with Gasteiger partial charge >= 0.3 is 0 Å². The first-order chi connectivity index (χ1) is 7.91. The lowest BCUT2D eigenvalue weighted by Crippen LogP contribution is -2.34. The number of carbonyl (C=O) groups is 1. The molecule has 94 valence electrons. The molecule has 1 aromatic carbocycles. The Labute approximate surface area is 106 Å². The van der Waals surface area contributed by atoms with E-state index in [1.54, 1.807) is 32.3 Å². The van der Waals surface area contributed by atoms with Crippen LogP contribution < -0.4 is 0 Å². The van der Waals surface area contributed by atoms with Gasteiger partial charge in [-0.2, -0.15) is 0 Å². The third-order valence-corrected chi connectivity index (χ3v) is 2.78. The Hall–Kier alpha value is -1.26. The monoisotopic (exact) mass is 256 g/mol. The number of likely N-dealkylation sites (N-methyl/N-ethyl adjacent to an activating group) is 2. The zero-order valence-corrected chi connectivity index (χ0v) is 11.0. The molecule has 1 rings (SSSR count). The van der Waals surface area contributed by atoms with Crippen molar-refractivity contribution in [3.05, 3.63) is 28.8 Å². The van der Waals surface area contributed by atoms with Gasteiger partial charge in [0, 0.05) is 31.2 Å². The minimum atomic E-state index is 0.0130. The highest BCUT2D eigenvalue weighted by Crippen LogP contribution is 2.26. The molecule has 5 heteroatoms. The van der Waals surface area contributed by atoms with E-state index in [9.17, 15) is 9.90 Å². The summed E-state index contributed by atoms with van der Waals surface area (Å²) in [5, 5.41) is 10.2. The van der Waals surface area contributed by atoms with Gasteiger partial charge in [0.1, 0.15) is 5.75 Å². The normalized spacial score (nSPS) is 10.6. The summed E-state index contributed by atoms with van der Waals surface area (Å²) in [6.07, 6.45) is 0. The van der Waals surface area contributed by atoms with Gasteiger partial charge in [-0.1, -0.05) is 17.7 Å². The van der Waals surface area contributed by atoms with Crippen LogP contribution in [-0.2, 0) is 11.3 Å². The van der Waals surface area contributed by atoms with Crippen LogP contribution in [-0.4, -0.2) is 48.5 Å². The minimum Gasteiger partial charge on any atom is -0.508 e. The van der Waals surface area contributed by atoms with Gasteiger partial charge in [-0.3, -0.25) is 9.69 Å². The van der Waals surface area contributed by atoms with E-state index >= 15 is 0 Å². The highest BCUT2D eigenvalue weighted by Gasteiger charge is 2.12. The van der Waals surface area contributed by atoms with Crippen molar-refractivity contribution in [2.45, 2.75) is 6.54 Å². The summed E-state index contributed by atoms with van der Waals surface area (Å²) in [4.78, 5) is 14.8. The third-order valence-electron chi connectivity index (χ3n) is 2.43. The smallest absolute Gasteiger partial charge is 0.236 e. The van der Waals surface area contributed by atoms with Crippen LogP contribution in [0, 0.1) is 0 Å². The molecule has 1 aromatic rings. The number of amides is 1. The molecule has 0 spiro atoms. The van der Waals surface area contributed by atoms with Crippen molar-refractivity contribution in [3.63, 3.8) is 0 Å². The molecule has 0 fully saturated rings. The van der Waals surface area contributed by atoms with Crippen LogP contribution in [0.1, 0.15) is 5.56 Å². The number of halogens is 1. The summed E-state index contributed by atoms with van der Waals surface area (Å²) in [5.41, 5.74) is 0.642. The van der Waals surface area contributed by atoms with Crippen LogP contribution in [0.2, 0.25) is 5.02 Å². The van der Waals surface area contributed by atoms with Crippen LogP contribution >= 0.6 is 11.6 Å². The summed E-state index contributed by atoms with van der Waals surface area (Å²) in [5.74, 6) is 0.167. The average molecular weight is 257 g/mol. The summed E-state index contributed by atoms with van der Waals surface area (Å²) >= 11 is 5.99. The van der Waals surface area contributed by atoms with E-state index in [1.807, 2.05) is 11.9 Å². The summed E-state index contributed by atoms with van der Waals surface area (Å²) in [6.45, 7) is 0.725. The highest BCUT2D eigenvalue weighted by molar-refractivity contribution is 6.31. The summed E-state index contributed by atoms with van der Waals surface area (Å²) < 4.78 is 0. The summed E-state index contributed by atoms with van der Waals surface area (Å²) in [7, 11) is 5.23. The molecule has 4 nitrogen and oxygen atoms in total. The molecule has 0 atom stereocenters. The molecular weight excluding hydrogens is 240 g/mol. The number of hydrogen-bond donors (Lipinski definition) is 1. The number of phenolic OH excluding ortho intramolecular Hbond substituents is 1. The Morgan fingerprint density at radius 2 is 2.00 bits per heavy atom. The fourth-order valence-corrected chi connectivity index (χ4v) is 1.63. The van der Waals surface area contributed by atoms with Crippen molar-refractivity contribution in [2.24, 2.45) is 0 Å². The quantitative estimate of drug-likeness (QED) is 0.889. The molecule has 0 aromatic heterocycles. The predicted octanol–water partition coefficient (Wildman–Crippen LogP) is 1.57. The van der Waals surface area contributed by atoms with Crippen LogP contribution in [0.5, 0.6) is 5.75 Å². The van der Waals surface area contributed by atoms with E-state index in [-0.39, 0.29) is 18.2 Å². The van der Waals surface area contributed by atoms with Crippen molar-refractivity contribution in [1.82, 2.24) is 9.80 Å². The van der Waals surface area contributed by atoms with Crippen LogP contribution in [0.3, 0.4) is 0 Å². The molecule has 0 bridgehead atoms. The second kappa shape index (κ2) is 5.89. The fourth-order valence-electron chi connectivity index (χ4n) is 1.40. The first-order valence-corrected chi connectivity index (χ1v) is 5.64. The summed E-state index contributed by atoms with van der Waals surface area (Å²) in [6, 6.07) is 4.99. The first-order valence-electron chi connectivity index (χ1n) is 5.27. The Bertz CT molecular complexity index is 387. The SMILES string of the molecule is CN(CC(=O)N(C)C)Cc1c(O)cccc1Cl. The first kappa shape index (κ1) is 13.8. The largest absolute Gasteiger partial charge is 0.508 e. The number of phenols is 1. The number of hydrogen-bond acceptors (Lipinski definition) is 3. The van der Waals surface area contributed by atoms with Gasteiger partial charge < -0.3 is 10.0 Å². The Morgan fingerprint density at radius 3 is 2.53 bits per heavy atom. The number of aromatic hydroxyl groups is 1. The highest BCUT2D eigenvalue weighted by atomic mass is 35.5. The maximum atomic E-state index is 11.5. The van der Waals surface area contributed by atoms with Crippen molar-refractivity contribution in [1.29, 1.82) is 0 Å². The van der Waals surface area contributed by atoms with Gasteiger partial charge in [0.25, 0.3) is 0 Å². The van der Waals surface area contributed by atoms with Crippen molar-refractivity contribution < 1.29 is 9.90 Å². The van der Waals surface area contributed by atoms with Gasteiger partial charge in [0.15, 0.2) is 0 Å². The number of benzene rings is 1. The topological polar surface area (TPSA) is 43.8 Å². The standard InChI is InChI=1S/C12H17ClN2O2/c1-14(2)12(17)8-15(3)7-9-10(13)5-4-6-11(9)16/h4-6,16H,7-8H2,1-3H3. The molecule has 0 heterocycles. The van der Waals surface area contributed by atoms with Crippen LogP contribution in [0.25, 0.3) is 0 Å². The number of carbonyl (C=O) groups excluding carboxylic acids is 1. The van der Waals surface area contributed by atoms with E-state index in [0.29, 0.717) is 17.1 Å². The molecule has 0 saturated carbocycles. The van der Waals surface area contributed by atoms with Crippen LogP contribution in [0.15, 0.2) is 18.2 Å². The van der Waals surface area contributed by atoms with Crippen molar-refractivity contribution in [3.8, 4) is 5.75 Å². The van der Waals surface area contributed by atoms with Gasteiger partial charge in [0.05, 0.1) is 6.54 Å². The van der Waals surface area contributed by atoms with E-state index in [1.165, 1.54) is 4.90 Å². The molecule has 17 heavy (non-hydrogen) atoms. The van der Waals surface area contributed by atoms with E-state index in [4.69, 9.17) is 11.6 Å². The maximum Gasteiger partial charge on any atom is 0.236 e. The van der Waals surface area contributed by atoms with Crippen LogP contribution in [0.4, 0.5) is 0 Å². The zero-order chi connectivity index (χ0) is 13.0. The van der Waals surface area contributed by atoms with Crippen molar-refractivity contribution >= 4 is 17.5 Å². The Kier molecular flexibility index (Phi) is 4.78. The fraction of sp³-hybridized carbons (Fsp3) is 0.417. The molecule has 0 aliphatic heterocycles. The maximum absolute atomic E-state index is 11.5. The van der Waals surface area contributed by atoms with E-state index in [2.05, 4.69) is 0 Å². The van der Waals surface area contributed by atoms with E-state index < -0.39 is 0 Å². The minimum absolute atomic E-state index is 0.0130. The van der Waals surface area contributed by atoms with E-state index in [0.717, 1.165) is 0 Å². The second-order valence-corrected chi connectivity index (χ2v) is 4.61. The van der Waals surface area contributed by atoms with Gasteiger partial charge in [-0.25, -0.2) is 0 Å². The molecule has 1 amide bonds. The van der Waals surface area contributed by atoms with Crippen molar-refractivity contribution in [2.75, 3.05) is 27.7 Å². The molecular formula is C12H17ClN2O2. The molecule has 0 unspecified atom stereocenters. The Balaban J connectivity index is 2.68. The van der Waals surface area contributed by atoms with Gasteiger partial charge in [-0.15, -0.1) is 0 Å². The average Bonchev–Trinajstić information content (AvgIpc) is 2.23. The molecule has 0 saturated heterocycles.